The Bertz CT molecular complexity index is 818. The molecule has 2 N–H and O–H groups in total. The van der Waals surface area contributed by atoms with Crippen LogP contribution in [0, 0.1) is 5.92 Å². The number of benzene rings is 1. The van der Waals surface area contributed by atoms with Crippen LogP contribution in [-0.4, -0.2) is 47.3 Å². The minimum absolute atomic E-state index is 0.101. The Morgan fingerprint density at radius 3 is 2.52 bits per heavy atom. The van der Waals surface area contributed by atoms with Crippen LogP contribution in [0.15, 0.2) is 24.3 Å². The first-order valence-corrected chi connectivity index (χ1v) is 9.23. The second-order valence-electron chi connectivity index (χ2n) is 7.54. The second kappa shape index (κ2) is 6.37. The molecule has 27 heavy (non-hydrogen) atoms. The largest absolute Gasteiger partial charge is 0.325 e. The third kappa shape index (κ3) is 3.15. The normalized spacial score (nSPS) is 25.1. The van der Waals surface area contributed by atoms with Crippen LogP contribution in [-0.2, 0) is 14.4 Å². The summed E-state index contributed by atoms with van der Waals surface area (Å²) in [6.45, 7) is 2.11. The Balaban J connectivity index is 1.37. The Kier molecular flexibility index (Phi) is 4.13. The summed E-state index contributed by atoms with van der Waals surface area (Å²) in [5, 5.41) is 5.42. The van der Waals surface area contributed by atoms with Crippen LogP contribution in [0.4, 0.5) is 16.2 Å². The van der Waals surface area contributed by atoms with Crippen LogP contribution in [0.1, 0.15) is 32.6 Å². The zero-order valence-electron chi connectivity index (χ0n) is 15.2. The number of rotatable bonds is 5. The van der Waals surface area contributed by atoms with Gasteiger partial charge in [0, 0.05) is 24.3 Å². The molecule has 8 heteroatoms. The van der Waals surface area contributed by atoms with Crippen LogP contribution in [0.3, 0.4) is 0 Å². The summed E-state index contributed by atoms with van der Waals surface area (Å²) < 4.78 is 0. The number of nitrogens with zero attached hydrogens (tertiary/aromatic N) is 2. The average molecular weight is 370 g/mol. The summed E-state index contributed by atoms with van der Waals surface area (Å²) in [5.41, 5.74) is 0.457. The van der Waals surface area contributed by atoms with Gasteiger partial charge in [-0.1, -0.05) is 0 Å². The lowest BCUT2D eigenvalue weighted by Gasteiger charge is -2.20. The molecule has 5 amide bonds. The van der Waals surface area contributed by atoms with Crippen molar-refractivity contribution in [3.63, 3.8) is 0 Å². The molecule has 1 aromatic rings. The Morgan fingerprint density at radius 2 is 1.93 bits per heavy atom. The molecule has 1 aliphatic carbocycles. The number of anilines is 2. The van der Waals surface area contributed by atoms with Gasteiger partial charge in [0.2, 0.25) is 11.8 Å². The highest BCUT2D eigenvalue weighted by Gasteiger charge is 2.56. The molecule has 2 heterocycles. The van der Waals surface area contributed by atoms with Crippen LogP contribution in [0.5, 0.6) is 0 Å². The van der Waals surface area contributed by atoms with Crippen molar-refractivity contribution in [1.82, 2.24) is 10.2 Å². The maximum atomic E-state index is 12.6. The van der Waals surface area contributed by atoms with Crippen molar-refractivity contribution in [3.05, 3.63) is 24.3 Å². The molecule has 1 saturated carbocycles. The number of imide groups is 1. The fraction of sp³-hybridized carbons (Fsp3) is 0.474. The van der Waals surface area contributed by atoms with Gasteiger partial charge in [-0.05, 0) is 56.4 Å². The van der Waals surface area contributed by atoms with E-state index >= 15 is 0 Å². The summed E-state index contributed by atoms with van der Waals surface area (Å²) in [6, 6.07) is 6.44. The van der Waals surface area contributed by atoms with E-state index in [-0.39, 0.29) is 24.3 Å². The molecule has 0 aromatic heterocycles. The first-order chi connectivity index (χ1) is 12.9. The van der Waals surface area contributed by atoms with E-state index < -0.39 is 17.5 Å². The summed E-state index contributed by atoms with van der Waals surface area (Å²) in [5.74, 6) is -0.525. The minimum Gasteiger partial charge on any atom is -0.325 e. The van der Waals surface area contributed by atoms with Crippen LogP contribution < -0.4 is 15.5 Å². The molecule has 1 aromatic carbocycles. The smallest absolute Gasteiger partial charge is 0.325 e. The lowest BCUT2D eigenvalue weighted by molar-refractivity contribution is -0.134. The SMILES string of the molecule is C[C@]1(C2CC2)NC(=O)N(CC(=O)Nc2ccc(N3CCCC3=O)cc2)C1=O. The number of carbonyl (C=O) groups is 4. The van der Waals surface area contributed by atoms with Gasteiger partial charge in [-0.25, -0.2) is 4.79 Å². The van der Waals surface area contributed by atoms with Crippen molar-refractivity contribution in [2.24, 2.45) is 5.92 Å². The lowest BCUT2D eigenvalue weighted by atomic mass is 9.96. The van der Waals surface area contributed by atoms with E-state index in [4.69, 9.17) is 0 Å². The fourth-order valence-corrected chi connectivity index (χ4v) is 3.79. The van der Waals surface area contributed by atoms with Crippen molar-refractivity contribution in [3.8, 4) is 0 Å². The molecular formula is C19H22N4O4. The van der Waals surface area contributed by atoms with Crippen molar-refractivity contribution < 1.29 is 19.2 Å². The minimum atomic E-state index is -0.888. The maximum absolute atomic E-state index is 12.6. The van der Waals surface area contributed by atoms with Gasteiger partial charge in [0.1, 0.15) is 12.1 Å². The van der Waals surface area contributed by atoms with E-state index in [0.29, 0.717) is 18.7 Å². The number of urea groups is 1. The molecule has 0 bridgehead atoms. The molecule has 2 saturated heterocycles. The van der Waals surface area contributed by atoms with E-state index in [2.05, 4.69) is 10.6 Å². The van der Waals surface area contributed by atoms with E-state index in [1.807, 2.05) is 0 Å². The van der Waals surface area contributed by atoms with Gasteiger partial charge in [0.25, 0.3) is 5.91 Å². The topological polar surface area (TPSA) is 98.8 Å². The summed E-state index contributed by atoms with van der Waals surface area (Å²) in [7, 11) is 0. The summed E-state index contributed by atoms with van der Waals surface area (Å²) >= 11 is 0. The van der Waals surface area contributed by atoms with Gasteiger partial charge in [-0.15, -0.1) is 0 Å². The molecule has 0 spiro atoms. The highest BCUT2D eigenvalue weighted by molar-refractivity contribution is 6.10. The first kappa shape index (κ1) is 17.5. The van der Waals surface area contributed by atoms with Gasteiger partial charge >= 0.3 is 6.03 Å². The highest BCUT2D eigenvalue weighted by atomic mass is 16.2. The van der Waals surface area contributed by atoms with Gasteiger partial charge in [-0.3, -0.25) is 19.3 Å². The molecule has 3 aliphatic rings. The number of nitrogens with one attached hydrogen (secondary N) is 2. The molecule has 3 fully saturated rings. The Hall–Kier alpha value is -2.90. The molecule has 0 unspecified atom stereocenters. The standard InChI is InChI=1S/C19H22N4O4/c1-19(12-4-5-12)17(26)23(18(27)21-19)11-15(24)20-13-6-8-14(9-7-13)22-10-2-3-16(22)25/h6-9,12H,2-5,10-11H2,1H3,(H,20,24)(H,21,27)/t19-/m1/s1. The lowest BCUT2D eigenvalue weighted by Crippen LogP contribution is -2.46. The third-order valence-electron chi connectivity index (χ3n) is 5.53. The summed E-state index contributed by atoms with van der Waals surface area (Å²) in [4.78, 5) is 51.4. The molecule has 2 aliphatic heterocycles. The molecule has 142 valence electrons. The predicted octanol–water partition coefficient (Wildman–Crippen LogP) is 1.47. The van der Waals surface area contributed by atoms with Crippen LogP contribution in [0.25, 0.3) is 0 Å². The number of hydrogen-bond acceptors (Lipinski definition) is 4. The fourth-order valence-electron chi connectivity index (χ4n) is 3.79. The first-order valence-electron chi connectivity index (χ1n) is 9.23. The molecule has 4 rings (SSSR count). The van der Waals surface area contributed by atoms with E-state index in [9.17, 15) is 19.2 Å². The van der Waals surface area contributed by atoms with Crippen molar-refractivity contribution in [1.29, 1.82) is 0 Å². The second-order valence-corrected chi connectivity index (χ2v) is 7.54. The Morgan fingerprint density at radius 1 is 1.22 bits per heavy atom. The van der Waals surface area contributed by atoms with Crippen molar-refractivity contribution in [2.45, 2.75) is 38.1 Å². The molecule has 0 radical (unpaired) electrons. The van der Waals surface area contributed by atoms with Crippen molar-refractivity contribution >= 4 is 35.1 Å². The zero-order chi connectivity index (χ0) is 19.2. The monoisotopic (exact) mass is 370 g/mol. The van der Waals surface area contributed by atoms with Gasteiger partial charge < -0.3 is 15.5 Å². The van der Waals surface area contributed by atoms with Gasteiger partial charge in [-0.2, -0.15) is 0 Å². The number of carbonyl (C=O) groups excluding carboxylic acids is 4. The van der Waals surface area contributed by atoms with Crippen molar-refractivity contribution in [2.75, 3.05) is 23.3 Å². The predicted molar refractivity (Wildman–Crippen MR) is 98.0 cm³/mol. The average Bonchev–Trinajstić information content (AvgIpc) is 3.38. The van der Waals surface area contributed by atoms with Gasteiger partial charge in [0.15, 0.2) is 0 Å². The molecular weight excluding hydrogens is 348 g/mol. The number of amides is 5. The maximum Gasteiger partial charge on any atom is 0.325 e. The number of hydrogen-bond donors (Lipinski definition) is 2. The third-order valence-corrected chi connectivity index (χ3v) is 5.53. The van der Waals surface area contributed by atoms with Crippen LogP contribution in [0.2, 0.25) is 0 Å². The van der Waals surface area contributed by atoms with E-state index in [1.165, 1.54) is 0 Å². The van der Waals surface area contributed by atoms with Crippen LogP contribution >= 0.6 is 0 Å². The summed E-state index contributed by atoms with van der Waals surface area (Å²) in [6.07, 6.45) is 3.23. The van der Waals surface area contributed by atoms with E-state index in [0.717, 1.165) is 29.8 Å². The highest BCUT2D eigenvalue weighted by Crippen LogP contribution is 2.42. The Labute approximate surface area is 156 Å². The molecule has 8 nitrogen and oxygen atoms in total. The quantitative estimate of drug-likeness (QED) is 0.767. The van der Waals surface area contributed by atoms with E-state index in [1.54, 1.807) is 36.1 Å². The van der Waals surface area contributed by atoms with Gasteiger partial charge in [0.05, 0.1) is 0 Å². The molecule has 1 atom stereocenters. The zero-order valence-corrected chi connectivity index (χ0v) is 15.2.